The quantitative estimate of drug-likeness (QED) is 0.735. The Morgan fingerprint density at radius 2 is 1.70 bits per heavy atom. The van der Waals surface area contributed by atoms with Gasteiger partial charge in [-0.25, -0.2) is 0 Å². The molecule has 0 amide bonds. The maximum absolute atomic E-state index is 6.08. The Kier molecular flexibility index (Phi) is 6.82. The second kappa shape index (κ2) is 7.66. The summed E-state index contributed by atoms with van der Waals surface area (Å²) in [4.78, 5) is 0. The van der Waals surface area contributed by atoms with E-state index in [1.165, 1.54) is 0 Å². The number of hydrogen-bond acceptors (Lipinski definition) is 3. The van der Waals surface area contributed by atoms with Crippen molar-refractivity contribution in [3.05, 3.63) is 21.1 Å². The minimum atomic E-state index is 0.0918. The largest absolute Gasteiger partial charge is 0.496 e. The first-order valence-corrected chi connectivity index (χ1v) is 8.30. The van der Waals surface area contributed by atoms with Crippen molar-refractivity contribution >= 4 is 31.9 Å². The molecule has 1 N–H and O–H groups in total. The van der Waals surface area contributed by atoms with Crippen molar-refractivity contribution in [3.63, 3.8) is 0 Å². The van der Waals surface area contributed by atoms with Crippen molar-refractivity contribution in [1.29, 1.82) is 0 Å². The van der Waals surface area contributed by atoms with Gasteiger partial charge in [-0.3, -0.25) is 0 Å². The van der Waals surface area contributed by atoms with Crippen molar-refractivity contribution in [2.75, 3.05) is 13.7 Å². The molecule has 1 aromatic rings. The molecule has 1 aromatic carbocycles. The molecule has 0 radical (unpaired) electrons. The molecule has 5 heteroatoms. The van der Waals surface area contributed by atoms with Crippen LogP contribution in [0.5, 0.6) is 11.5 Å². The standard InChI is InChI=1S/C15H23Br2NO2/c1-6-10(9-18-15(2,3)4)20-14-8-11(16)13(19-5)7-12(14)17/h7-8,10,18H,6,9H2,1-5H3. The molecule has 0 heterocycles. The predicted molar refractivity (Wildman–Crippen MR) is 90.9 cm³/mol. The van der Waals surface area contributed by atoms with Gasteiger partial charge >= 0.3 is 0 Å². The van der Waals surface area contributed by atoms with E-state index >= 15 is 0 Å². The van der Waals surface area contributed by atoms with Crippen LogP contribution in [-0.2, 0) is 0 Å². The zero-order chi connectivity index (χ0) is 15.3. The first kappa shape index (κ1) is 17.8. The Labute approximate surface area is 138 Å². The Balaban J connectivity index is 2.77. The van der Waals surface area contributed by atoms with Gasteiger partial charge in [0.15, 0.2) is 0 Å². The van der Waals surface area contributed by atoms with Crippen LogP contribution in [0.3, 0.4) is 0 Å². The van der Waals surface area contributed by atoms with Crippen LogP contribution in [0.15, 0.2) is 21.1 Å². The number of rotatable bonds is 6. The van der Waals surface area contributed by atoms with Crippen LogP contribution in [0.1, 0.15) is 34.1 Å². The Bertz CT molecular complexity index is 444. The fraction of sp³-hybridized carbons (Fsp3) is 0.600. The summed E-state index contributed by atoms with van der Waals surface area (Å²) >= 11 is 7.01. The van der Waals surface area contributed by atoms with Gasteiger partial charge in [0.05, 0.1) is 16.1 Å². The molecule has 0 aliphatic heterocycles. The number of benzene rings is 1. The first-order valence-electron chi connectivity index (χ1n) is 6.71. The zero-order valence-corrected chi connectivity index (χ0v) is 15.9. The average molecular weight is 409 g/mol. The monoisotopic (exact) mass is 407 g/mol. The van der Waals surface area contributed by atoms with E-state index in [-0.39, 0.29) is 11.6 Å². The number of halogens is 2. The van der Waals surface area contributed by atoms with Crippen molar-refractivity contribution in [2.24, 2.45) is 0 Å². The summed E-state index contributed by atoms with van der Waals surface area (Å²) in [7, 11) is 1.65. The van der Waals surface area contributed by atoms with Crippen LogP contribution in [0.4, 0.5) is 0 Å². The topological polar surface area (TPSA) is 30.5 Å². The lowest BCUT2D eigenvalue weighted by Gasteiger charge is -2.26. The minimum absolute atomic E-state index is 0.0918. The molecular formula is C15H23Br2NO2. The van der Waals surface area contributed by atoms with E-state index in [9.17, 15) is 0 Å². The summed E-state index contributed by atoms with van der Waals surface area (Å²) in [5.41, 5.74) is 0.0918. The van der Waals surface area contributed by atoms with Crippen molar-refractivity contribution < 1.29 is 9.47 Å². The molecule has 0 spiro atoms. The number of nitrogens with one attached hydrogen (secondary N) is 1. The van der Waals surface area contributed by atoms with E-state index in [0.717, 1.165) is 33.4 Å². The lowest BCUT2D eigenvalue weighted by Crippen LogP contribution is -2.42. The molecule has 0 aromatic heterocycles. The van der Waals surface area contributed by atoms with Gasteiger partial charge < -0.3 is 14.8 Å². The van der Waals surface area contributed by atoms with E-state index in [1.54, 1.807) is 7.11 Å². The third-order valence-electron chi connectivity index (χ3n) is 2.82. The highest BCUT2D eigenvalue weighted by Gasteiger charge is 2.16. The predicted octanol–water partition coefficient (Wildman–Crippen LogP) is 4.77. The smallest absolute Gasteiger partial charge is 0.135 e. The summed E-state index contributed by atoms with van der Waals surface area (Å²) in [5.74, 6) is 1.60. The average Bonchev–Trinajstić information content (AvgIpc) is 2.36. The van der Waals surface area contributed by atoms with E-state index in [1.807, 2.05) is 12.1 Å². The van der Waals surface area contributed by atoms with E-state index in [2.05, 4.69) is 64.9 Å². The molecule has 0 aliphatic carbocycles. The number of hydrogen-bond donors (Lipinski definition) is 1. The fourth-order valence-corrected chi connectivity index (χ4v) is 2.53. The van der Waals surface area contributed by atoms with Gasteiger partial charge in [-0.15, -0.1) is 0 Å². The van der Waals surface area contributed by atoms with Gasteiger partial charge in [-0.1, -0.05) is 6.92 Å². The summed E-state index contributed by atoms with van der Waals surface area (Å²) in [5, 5.41) is 3.47. The van der Waals surface area contributed by atoms with Gasteiger partial charge in [-0.2, -0.15) is 0 Å². The van der Waals surface area contributed by atoms with E-state index in [0.29, 0.717) is 0 Å². The van der Waals surface area contributed by atoms with Gasteiger partial charge in [0.25, 0.3) is 0 Å². The van der Waals surface area contributed by atoms with Crippen LogP contribution in [0.2, 0.25) is 0 Å². The molecule has 0 bridgehead atoms. The third kappa shape index (κ3) is 5.62. The SMILES string of the molecule is CCC(CNC(C)(C)C)Oc1cc(Br)c(OC)cc1Br. The van der Waals surface area contributed by atoms with Crippen molar-refractivity contribution in [2.45, 2.75) is 45.8 Å². The first-order chi connectivity index (χ1) is 9.26. The maximum Gasteiger partial charge on any atom is 0.135 e. The van der Waals surface area contributed by atoms with Crippen LogP contribution in [0.25, 0.3) is 0 Å². The minimum Gasteiger partial charge on any atom is -0.496 e. The normalized spacial score (nSPS) is 13.2. The molecule has 114 valence electrons. The lowest BCUT2D eigenvalue weighted by molar-refractivity contribution is 0.180. The summed E-state index contributed by atoms with van der Waals surface area (Å²) in [6, 6.07) is 3.84. The Hall–Kier alpha value is -0.260. The lowest BCUT2D eigenvalue weighted by atomic mass is 10.1. The number of ether oxygens (including phenoxy) is 2. The number of methoxy groups -OCH3 is 1. The summed E-state index contributed by atoms with van der Waals surface area (Å²) in [6.45, 7) is 9.40. The highest BCUT2D eigenvalue weighted by Crippen LogP contribution is 2.36. The van der Waals surface area contributed by atoms with Crippen LogP contribution in [0, 0.1) is 0 Å². The molecule has 1 rings (SSSR count). The van der Waals surface area contributed by atoms with Crippen molar-refractivity contribution in [3.8, 4) is 11.5 Å². The van der Waals surface area contributed by atoms with Crippen LogP contribution in [-0.4, -0.2) is 25.3 Å². The van der Waals surface area contributed by atoms with Gasteiger partial charge in [0.2, 0.25) is 0 Å². The Morgan fingerprint density at radius 1 is 1.15 bits per heavy atom. The molecule has 0 aliphatic rings. The molecule has 1 unspecified atom stereocenters. The molecule has 3 nitrogen and oxygen atoms in total. The molecular weight excluding hydrogens is 386 g/mol. The van der Waals surface area contributed by atoms with E-state index < -0.39 is 0 Å². The molecule has 20 heavy (non-hydrogen) atoms. The zero-order valence-electron chi connectivity index (χ0n) is 12.7. The third-order valence-corrected chi connectivity index (χ3v) is 4.05. The summed E-state index contributed by atoms with van der Waals surface area (Å²) < 4.78 is 13.1. The van der Waals surface area contributed by atoms with Gasteiger partial charge in [0.1, 0.15) is 17.6 Å². The van der Waals surface area contributed by atoms with Crippen molar-refractivity contribution in [1.82, 2.24) is 5.32 Å². The maximum atomic E-state index is 6.08. The highest BCUT2D eigenvalue weighted by atomic mass is 79.9. The second-order valence-electron chi connectivity index (χ2n) is 5.70. The van der Waals surface area contributed by atoms with Gasteiger partial charge in [-0.05, 0) is 71.2 Å². The Morgan fingerprint density at radius 3 is 2.20 bits per heavy atom. The highest BCUT2D eigenvalue weighted by molar-refractivity contribution is 9.11. The molecule has 0 saturated heterocycles. The molecule has 1 atom stereocenters. The fourth-order valence-electron chi connectivity index (χ4n) is 1.63. The van der Waals surface area contributed by atoms with Gasteiger partial charge in [0, 0.05) is 12.1 Å². The van der Waals surface area contributed by atoms with Crippen LogP contribution >= 0.6 is 31.9 Å². The molecule has 0 fully saturated rings. The second-order valence-corrected chi connectivity index (χ2v) is 7.40. The van der Waals surface area contributed by atoms with E-state index in [4.69, 9.17) is 9.47 Å². The molecule has 0 saturated carbocycles. The summed E-state index contributed by atoms with van der Waals surface area (Å²) in [6.07, 6.45) is 1.07. The van der Waals surface area contributed by atoms with Crippen LogP contribution < -0.4 is 14.8 Å².